The van der Waals surface area contributed by atoms with E-state index in [1.807, 2.05) is 0 Å². The number of nitro benzene ring substituents is 1. The molecule has 108 valence electrons. The predicted molar refractivity (Wildman–Crippen MR) is 77.2 cm³/mol. The number of carbonyl (C=O) groups is 1. The van der Waals surface area contributed by atoms with Crippen LogP contribution in [0, 0.1) is 22.9 Å². The molecule has 0 aliphatic carbocycles. The average Bonchev–Trinajstić information content (AvgIpc) is 2.43. The number of hydrogen-bond acceptors (Lipinski definition) is 3. The minimum absolute atomic E-state index is 0.0471. The molecule has 2 rings (SSSR count). The number of hydrogen-bond donors (Lipinski definition) is 1. The van der Waals surface area contributed by atoms with Crippen molar-refractivity contribution in [1.82, 2.24) is 0 Å². The van der Waals surface area contributed by atoms with Crippen LogP contribution in [0.2, 0.25) is 5.02 Å². The van der Waals surface area contributed by atoms with E-state index in [1.54, 1.807) is 6.92 Å². The van der Waals surface area contributed by atoms with Crippen molar-refractivity contribution < 1.29 is 14.1 Å². The van der Waals surface area contributed by atoms with E-state index in [1.165, 1.54) is 30.3 Å². The number of anilines is 1. The molecule has 0 heterocycles. The molecule has 0 radical (unpaired) electrons. The smallest absolute Gasteiger partial charge is 0.288 e. The summed E-state index contributed by atoms with van der Waals surface area (Å²) in [4.78, 5) is 22.1. The van der Waals surface area contributed by atoms with Crippen molar-refractivity contribution in [3.8, 4) is 0 Å². The zero-order valence-electron chi connectivity index (χ0n) is 10.9. The number of halogens is 2. The molecule has 21 heavy (non-hydrogen) atoms. The molecule has 0 unspecified atom stereocenters. The van der Waals surface area contributed by atoms with E-state index in [4.69, 9.17) is 11.6 Å². The molecule has 0 saturated carbocycles. The van der Waals surface area contributed by atoms with Crippen LogP contribution in [0.5, 0.6) is 0 Å². The van der Waals surface area contributed by atoms with E-state index < -0.39 is 10.8 Å². The van der Waals surface area contributed by atoms with Gasteiger partial charge in [0.15, 0.2) is 0 Å². The molecule has 0 saturated heterocycles. The fourth-order valence-corrected chi connectivity index (χ4v) is 1.91. The summed E-state index contributed by atoms with van der Waals surface area (Å²) in [5.74, 6) is -0.920. The molecular formula is C14H10ClFN2O3. The Hall–Kier alpha value is -2.47. The number of nitrogens with zero attached hydrogens (tertiary/aromatic N) is 1. The number of carbonyl (C=O) groups excluding carboxylic acids is 1. The lowest BCUT2D eigenvalue weighted by molar-refractivity contribution is -0.384. The van der Waals surface area contributed by atoms with Gasteiger partial charge in [-0.15, -0.1) is 0 Å². The van der Waals surface area contributed by atoms with Crippen molar-refractivity contribution in [2.75, 3.05) is 5.32 Å². The van der Waals surface area contributed by atoms with Crippen molar-refractivity contribution in [3.63, 3.8) is 0 Å². The van der Waals surface area contributed by atoms with E-state index in [0.29, 0.717) is 11.3 Å². The third-order valence-corrected chi connectivity index (χ3v) is 3.14. The summed E-state index contributed by atoms with van der Waals surface area (Å²) < 4.78 is 13.1. The second-order valence-electron chi connectivity index (χ2n) is 4.34. The summed E-state index contributed by atoms with van der Waals surface area (Å²) in [6, 6.07) is 7.86. The summed E-state index contributed by atoms with van der Waals surface area (Å²) in [7, 11) is 0. The van der Waals surface area contributed by atoms with Gasteiger partial charge >= 0.3 is 0 Å². The Balaban J connectivity index is 2.26. The van der Waals surface area contributed by atoms with Crippen LogP contribution in [-0.2, 0) is 0 Å². The number of benzene rings is 2. The highest BCUT2D eigenvalue weighted by Crippen LogP contribution is 2.25. The molecule has 0 aromatic heterocycles. The molecule has 0 atom stereocenters. The van der Waals surface area contributed by atoms with Crippen molar-refractivity contribution in [2.24, 2.45) is 0 Å². The lowest BCUT2D eigenvalue weighted by atomic mass is 10.1. The molecule has 2 aromatic carbocycles. The fraction of sp³-hybridized carbons (Fsp3) is 0.0714. The third kappa shape index (κ3) is 3.35. The first-order valence-electron chi connectivity index (χ1n) is 5.90. The zero-order valence-corrected chi connectivity index (χ0v) is 11.6. The number of nitro groups is 1. The van der Waals surface area contributed by atoms with Gasteiger partial charge in [0.25, 0.3) is 11.6 Å². The summed E-state index contributed by atoms with van der Waals surface area (Å²) in [6.07, 6.45) is 0. The number of aryl methyl sites for hydroxylation is 1. The first-order valence-corrected chi connectivity index (χ1v) is 6.27. The minimum Gasteiger partial charge on any atom is -0.322 e. The summed E-state index contributed by atoms with van der Waals surface area (Å²) >= 11 is 5.68. The van der Waals surface area contributed by atoms with Gasteiger partial charge in [0.1, 0.15) is 10.8 Å². The van der Waals surface area contributed by atoms with Crippen LogP contribution in [0.25, 0.3) is 0 Å². The molecule has 0 aliphatic heterocycles. The maximum Gasteiger partial charge on any atom is 0.288 e. The zero-order chi connectivity index (χ0) is 15.6. The largest absolute Gasteiger partial charge is 0.322 e. The monoisotopic (exact) mass is 308 g/mol. The van der Waals surface area contributed by atoms with Gasteiger partial charge in [0.05, 0.1) is 4.92 Å². The van der Waals surface area contributed by atoms with Gasteiger partial charge in [-0.2, -0.15) is 0 Å². The van der Waals surface area contributed by atoms with Crippen LogP contribution < -0.4 is 5.32 Å². The normalized spacial score (nSPS) is 10.2. The predicted octanol–water partition coefficient (Wildman–Crippen LogP) is 3.95. The molecule has 2 aromatic rings. The van der Waals surface area contributed by atoms with E-state index >= 15 is 0 Å². The van der Waals surface area contributed by atoms with E-state index in [2.05, 4.69) is 5.32 Å². The Bertz CT molecular complexity index is 734. The molecule has 0 spiro atoms. The number of nitrogens with one attached hydrogen (secondary N) is 1. The van der Waals surface area contributed by atoms with Crippen LogP contribution in [0.4, 0.5) is 15.8 Å². The van der Waals surface area contributed by atoms with Gasteiger partial charge in [-0.05, 0) is 42.8 Å². The first-order chi connectivity index (χ1) is 9.88. The Morgan fingerprint density at radius 2 is 2.00 bits per heavy atom. The van der Waals surface area contributed by atoms with Gasteiger partial charge in [0, 0.05) is 17.3 Å². The quantitative estimate of drug-likeness (QED) is 0.689. The average molecular weight is 309 g/mol. The Morgan fingerprint density at radius 1 is 1.29 bits per heavy atom. The van der Waals surface area contributed by atoms with Gasteiger partial charge in [-0.1, -0.05) is 11.6 Å². The van der Waals surface area contributed by atoms with Gasteiger partial charge in [-0.25, -0.2) is 4.39 Å². The molecular weight excluding hydrogens is 299 g/mol. The lowest BCUT2D eigenvalue weighted by Crippen LogP contribution is -2.12. The minimum atomic E-state index is -0.666. The molecule has 0 aliphatic rings. The van der Waals surface area contributed by atoms with Crippen LogP contribution in [0.3, 0.4) is 0 Å². The third-order valence-electron chi connectivity index (χ3n) is 2.82. The number of rotatable bonds is 3. The Kier molecular flexibility index (Phi) is 4.18. The lowest BCUT2D eigenvalue weighted by Gasteiger charge is -2.07. The number of amides is 1. The van der Waals surface area contributed by atoms with Crippen LogP contribution in [0.1, 0.15) is 15.9 Å². The Morgan fingerprint density at radius 3 is 2.62 bits per heavy atom. The molecule has 0 fully saturated rings. The van der Waals surface area contributed by atoms with Crippen molar-refractivity contribution in [3.05, 3.63) is 68.5 Å². The molecule has 5 nitrogen and oxygen atoms in total. The maximum absolute atomic E-state index is 13.1. The summed E-state index contributed by atoms with van der Waals surface area (Å²) in [5.41, 5.74) is 0.527. The van der Waals surface area contributed by atoms with Crippen molar-refractivity contribution >= 4 is 28.9 Å². The second kappa shape index (κ2) is 5.88. The highest BCUT2D eigenvalue weighted by molar-refractivity contribution is 6.32. The topological polar surface area (TPSA) is 72.2 Å². The van der Waals surface area contributed by atoms with E-state index in [-0.39, 0.29) is 22.1 Å². The molecule has 1 N–H and O–H groups in total. The van der Waals surface area contributed by atoms with Crippen LogP contribution in [-0.4, -0.2) is 10.8 Å². The fourth-order valence-electron chi connectivity index (χ4n) is 1.72. The Labute approximate surface area is 124 Å². The highest BCUT2D eigenvalue weighted by Gasteiger charge is 2.16. The SMILES string of the molecule is Cc1cc(NC(=O)c2ccc(Cl)c([N+](=O)[O-])c2)ccc1F. The summed E-state index contributed by atoms with van der Waals surface area (Å²) in [6.45, 7) is 1.57. The van der Waals surface area contributed by atoms with Crippen molar-refractivity contribution in [1.29, 1.82) is 0 Å². The maximum atomic E-state index is 13.1. The molecule has 1 amide bonds. The van der Waals surface area contributed by atoms with E-state index in [0.717, 1.165) is 6.07 Å². The standard InChI is InChI=1S/C14H10ClFN2O3/c1-8-6-10(3-5-12(8)16)17-14(19)9-2-4-11(15)13(7-9)18(20)21/h2-7H,1H3,(H,17,19). The highest BCUT2D eigenvalue weighted by atomic mass is 35.5. The van der Waals surface area contributed by atoms with E-state index in [9.17, 15) is 19.3 Å². The summed E-state index contributed by atoms with van der Waals surface area (Å²) in [5, 5.41) is 13.3. The van der Waals surface area contributed by atoms with Gasteiger partial charge < -0.3 is 5.32 Å². The van der Waals surface area contributed by atoms with Crippen LogP contribution in [0.15, 0.2) is 36.4 Å². The van der Waals surface area contributed by atoms with Crippen LogP contribution >= 0.6 is 11.6 Å². The van der Waals surface area contributed by atoms with Crippen molar-refractivity contribution in [2.45, 2.75) is 6.92 Å². The molecule has 7 heteroatoms. The van der Waals surface area contributed by atoms with Gasteiger partial charge in [-0.3, -0.25) is 14.9 Å². The second-order valence-corrected chi connectivity index (χ2v) is 4.75. The van der Waals surface area contributed by atoms with Gasteiger partial charge in [0.2, 0.25) is 0 Å². The molecule has 0 bridgehead atoms. The first kappa shape index (κ1) is 14.9.